The largest absolute Gasteiger partial charge is 0.461 e. The molecule has 1 spiro atoms. The van der Waals surface area contributed by atoms with Crippen LogP contribution in [0.15, 0.2) is 67.8 Å². The van der Waals surface area contributed by atoms with E-state index in [1.165, 1.54) is 6.08 Å². The van der Waals surface area contributed by atoms with Crippen molar-refractivity contribution < 1.29 is 29.0 Å². The number of anilines is 1. The molecule has 8 heteroatoms. The summed E-state index contributed by atoms with van der Waals surface area (Å²) in [5, 5.41) is 11.4. The Morgan fingerprint density at radius 3 is 2.61 bits per heavy atom. The normalized spacial score (nSPS) is 28.1. The highest BCUT2D eigenvalue weighted by molar-refractivity contribution is 6.05. The smallest absolute Gasteiger partial charge is 0.313 e. The van der Waals surface area contributed by atoms with E-state index in [2.05, 4.69) is 13.2 Å². The molecule has 2 aromatic rings. The fraction of sp³-hybridized carbons (Fsp3) is 0.485. The van der Waals surface area contributed by atoms with E-state index in [0.717, 1.165) is 10.8 Å². The maximum atomic E-state index is 14.7. The molecule has 3 saturated heterocycles. The van der Waals surface area contributed by atoms with Crippen molar-refractivity contribution in [3.05, 3.63) is 67.8 Å². The summed E-state index contributed by atoms with van der Waals surface area (Å²) in [5.74, 6) is -2.55. The van der Waals surface area contributed by atoms with Gasteiger partial charge in [0.15, 0.2) is 0 Å². The van der Waals surface area contributed by atoms with Gasteiger partial charge in [0, 0.05) is 25.4 Å². The molecule has 41 heavy (non-hydrogen) atoms. The van der Waals surface area contributed by atoms with Gasteiger partial charge in [-0.15, -0.1) is 6.58 Å². The molecule has 3 aliphatic heterocycles. The summed E-state index contributed by atoms with van der Waals surface area (Å²) in [4.78, 5) is 45.7. The van der Waals surface area contributed by atoms with E-state index >= 15 is 0 Å². The zero-order chi connectivity index (χ0) is 29.2. The number of fused-ring (bicyclic) bond motifs is 2. The summed E-state index contributed by atoms with van der Waals surface area (Å²) in [7, 11) is 0. The van der Waals surface area contributed by atoms with Gasteiger partial charge in [-0.05, 0) is 61.4 Å². The number of carbonyl (C=O) groups excluding carboxylic acids is 3. The summed E-state index contributed by atoms with van der Waals surface area (Å²) in [5.41, 5.74) is -1.28. The summed E-state index contributed by atoms with van der Waals surface area (Å²) < 4.78 is 12.3. The number of amides is 2. The number of unbranched alkanes of at least 4 members (excludes halogenated alkanes) is 2. The average Bonchev–Trinajstić information content (AvgIpc) is 3.60. The van der Waals surface area contributed by atoms with Crippen molar-refractivity contribution in [3.8, 4) is 0 Å². The van der Waals surface area contributed by atoms with Gasteiger partial charge in [0.2, 0.25) is 5.91 Å². The highest BCUT2D eigenvalue weighted by Crippen LogP contribution is 2.64. The first-order valence-electron chi connectivity index (χ1n) is 14.7. The Morgan fingerprint density at radius 1 is 1.12 bits per heavy atom. The van der Waals surface area contributed by atoms with Gasteiger partial charge in [-0.3, -0.25) is 14.4 Å². The van der Waals surface area contributed by atoms with Crippen LogP contribution >= 0.6 is 0 Å². The fourth-order valence-electron chi connectivity index (χ4n) is 7.34. The summed E-state index contributed by atoms with van der Waals surface area (Å²) in [6.07, 6.45) is 6.75. The van der Waals surface area contributed by atoms with Gasteiger partial charge in [0.1, 0.15) is 24.2 Å². The molecule has 1 N–H and O–H groups in total. The van der Waals surface area contributed by atoms with Gasteiger partial charge in [0.25, 0.3) is 5.91 Å². The highest BCUT2D eigenvalue weighted by Gasteiger charge is 2.79. The molecule has 2 aromatic carbocycles. The molecule has 2 unspecified atom stereocenters. The van der Waals surface area contributed by atoms with E-state index in [1.54, 1.807) is 15.9 Å². The number of benzene rings is 2. The van der Waals surface area contributed by atoms with Gasteiger partial charge in [0.05, 0.1) is 11.5 Å². The van der Waals surface area contributed by atoms with Gasteiger partial charge >= 0.3 is 5.97 Å². The number of aliphatic hydroxyl groups excluding tert-OH is 1. The summed E-state index contributed by atoms with van der Waals surface area (Å²) in [6, 6.07) is 12.9. The number of rotatable bonds is 13. The van der Waals surface area contributed by atoms with Crippen LogP contribution in [-0.2, 0) is 23.9 Å². The van der Waals surface area contributed by atoms with Crippen molar-refractivity contribution in [2.24, 2.45) is 11.8 Å². The number of likely N-dealkylation sites (tertiary alicyclic amines) is 1. The number of nitrogens with zero attached hydrogens (tertiary/aromatic N) is 2. The number of esters is 1. The third-order valence-electron chi connectivity index (χ3n) is 9.19. The topological polar surface area (TPSA) is 96.4 Å². The monoisotopic (exact) mass is 560 g/mol. The second-order valence-electron chi connectivity index (χ2n) is 11.3. The van der Waals surface area contributed by atoms with E-state index < -0.39 is 35.0 Å². The predicted molar refractivity (Wildman–Crippen MR) is 157 cm³/mol. The molecule has 3 aliphatic rings. The second kappa shape index (κ2) is 11.8. The number of carbonyl (C=O) groups is 3. The van der Waals surface area contributed by atoms with Crippen LogP contribution in [0.4, 0.5) is 5.69 Å². The lowest BCUT2D eigenvalue weighted by Crippen LogP contribution is -2.56. The number of hydrogen-bond acceptors (Lipinski definition) is 6. The second-order valence-corrected chi connectivity index (χ2v) is 11.3. The SMILES string of the molecule is C=CCOC(=O)[C@@H]1[C@H]2C(=O)N(CCCCCO)C(C(=O)N(CC=C)c3ccc4ccccc4c3)C23CC[C@@]1(CC)O3. The Hall–Kier alpha value is -3.49. The molecule has 5 rings (SSSR count). The van der Waals surface area contributed by atoms with E-state index in [4.69, 9.17) is 9.47 Å². The average molecular weight is 561 g/mol. The molecule has 5 atom stereocenters. The Kier molecular flexibility index (Phi) is 8.34. The maximum absolute atomic E-state index is 14.7. The van der Waals surface area contributed by atoms with Crippen LogP contribution in [0.25, 0.3) is 10.8 Å². The Bertz CT molecular complexity index is 1340. The van der Waals surface area contributed by atoms with Crippen molar-refractivity contribution in [2.75, 3.05) is 31.2 Å². The molecular formula is C33H40N2O6. The molecule has 0 radical (unpaired) electrons. The van der Waals surface area contributed by atoms with Crippen LogP contribution in [0.3, 0.4) is 0 Å². The minimum Gasteiger partial charge on any atom is -0.461 e. The van der Waals surface area contributed by atoms with E-state index in [1.807, 2.05) is 49.4 Å². The van der Waals surface area contributed by atoms with Gasteiger partial charge in [-0.1, -0.05) is 56.0 Å². The fourth-order valence-corrected chi connectivity index (χ4v) is 7.34. The first-order valence-corrected chi connectivity index (χ1v) is 14.7. The lowest BCUT2D eigenvalue weighted by molar-refractivity contribution is -0.159. The van der Waals surface area contributed by atoms with Crippen molar-refractivity contribution in [1.29, 1.82) is 0 Å². The molecule has 8 nitrogen and oxygen atoms in total. The van der Waals surface area contributed by atoms with E-state index in [9.17, 15) is 19.5 Å². The van der Waals surface area contributed by atoms with Crippen LogP contribution < -0.4 is 4.90 Å². The van der Waals surface area contributed by atoms with Crippen LogP contribution in [0.2, 0.25) is 0 Å². The van der Waals surface area contributed by atoms with Gasteiger partial charge < -0.3 is 24.4 Å². The first-order chi connectivity index (χ1) is 19.9. The minimum atomic E-state index is -1.13. The zero-order valence-corrected chi connectivity index (χ0v) is 23.8. The Balaban J connectivity index is 1.57. The highest BCUT2D eigenvalue weighted by atomic mass is 16.6. The molecule has 0 aliphatic carbocycles. The van der Waals surface area contributed by atoms with Crippen LogP contribution in [0.1, 0.15) is 45.4 Å². The van der Waals surface area contributed by atoms with E-state index in [-0.39, 0.29) is 31.6 Å². The van der Waals surface area contributed by atoms with Gasteiger partial charge in [-0.2, -0.15) is 0 Å². The number of hydrogen-bond donors (Lipinski definition) is 1. The van der Waals surface area contributed by atoms with Crippen LogP contribution in [-0.4, -0.2) is 71.3 Å². The molecule has 2 bridgehead atoms. The third-order valence-corrected chi connectivity index (χ3v) is 9.19. The lowest BCUT2D eigenvalue weighted by Gasteiger charge is -2.37. The molecule has 2 amide bonds. The van der Waals surface area contributed by atoms with E-state index in [0.29, 0.717) is 50.8 Å². The predicted octanol–water partition coefficient (Wildman–Crippen LogP) is 4.41. The molecule has 3 fully saturated rings. The quantitative estimate of drug-likeness (QED) is 0.222. The molecule has 218 valence electrons. The first kappa shape index (κ1) is 29.0. The number of ether oxygens (including phenoxy) is 2. The summed E-state index contributed by atoms with van der Waals surface area (Å²) >= 11 is 0. The Labute approximate surface area is 241 Å². The van der Waals surface area contributed by atoms with Crippen molar-refractivity contribution in [3.63, 3.8) is 0 Å². The molecule has 0 aromatic heterocycles. The maximum Gasteiger partial charge on any atom is 0.313 e. The van der Waals surface area contributed by atoms with Crippen molar-refractivity contribution in [2.45, 2.75) is 62.7 Å². The minimum absolute atomic E-state index is 0.0470. The lowest BCUT2D eigenvalue weighted by atomic mass is 9.65. The molecule has 0 saturated carbocycles. The zero-order valence-electron chi connectivity index (χ0n) is 23.8. The third kappa shape index (κ3) is 4.77. The molecule has 3 heterocycles. The summed E-state index contributed by atoms with van der Waals surface area (Å²) in [6.45, 7) is 10.2. The molecular weight excluding hydrogens is 520 g/mol. The van der Waals surface area contributed by atoms with Crippen LogP contribution in [0.5, 0.6) is 0 Å². The van der Waals surface area contributed by atoms with Crippen molar-refractivity contribution >= 4 is 34.2 Å². The standard InChI is InChI=1S/C33H40N2O6/c1-4-18-34(25-15-14-23-12-8-9-13-24(23)22-25)30(38)28-33-17-16-32(6-3,41-33)27(31(39)40-21-5-2)26(33)29(37)35(28)19-10-7-11-20-36/h4-5,8-9,12-15,22,26-28,36H,1-2,6-7,10-11,16-21H2,3H3/t26-,27-,28?,32+,33?/m0/s1. The van der Waals surface area contributed by atoms with Crippen molar-refractivity contribution in [1.82, 2.24) is 4.90 Å². The Morgan fingerprint density at radius 2 is 1.90 bits per heavy atom. The van der Waals surface area contributed by atoms with Gasteiger partial charge in [-0.25, -0.2) is 0 Å². The number of aliphatic hydroxyl groups is 1. The van der Waals surface area contributed by atoms with Crippen LogP contribution in [0, 0.1) is 11.8 Å².